The van der Waals surface area contributed by atoms with Crippen molar-refractivity contribution in [2.45, 2.75) is 43.9 Å². The second kappa shape index (κ2) is 12.0. The quantitative estimate of drug-likeness (QED) is 0.229. The zero-order valence-electron chi connectivity index (χ0n) is 23.9. The fraction of sp³-hybridized carbons (Fsp3) is 0.464. The summed E-state index contributed by atoms with van der Waals surface area (Å²) in [5, 5.41) is 14.7. The van der Waals surface area contributed by atoms with Gasteiger partial charge in [-0.3, -0.25) is 4.68 Å². The molecule has 0 spiro atoms. The lowest BCUT2D eigenvalue weighted by Gasteiger charge is -2.37. The maximum atomic E-state index is 12.9. The fourth-order valence-corrected chi connectivity index (χ4v) is 6.84. The Morgan fingerprint density at radius 2 is 1.91 bits per heavy atom. The van der Waals surface area contributed by atoms with Gasteiger partial charge in [0, 0.05) is 49.0 Å². The number of hydrogen-bond donors (Lipinski definition) is 2. The molecule has 0 atom stereocenters. The van der Waals surface area contributed by atoms with Gasteiger partial charge < -0.3 is 15.5 Å². The number of aromatic nitrogens is 7. The minimum atomic E-state index is -3.49. The normalized spacial score (nSPS) is 18.7. The third kappa shape index (κ3) is 6.82. The number of pyridine rings is 1. The topological polar surface area (TPSA) is 136 Å². The Balaban J connectivity index is 1.20. The molecule has 43 heavy (non-hydrogen) atoms. The summed E-state index contributed by atoms with van der Waals surface area (Å²) in [6, 6.07) is 5.23. The highest BCUT2D eigenvalue weighted by Crippen LogP contribution is 2.36. The Labute approximate surface area is 248 Å². The Kier molecular flexibility index (Phi) is 8.09. The van der Waals surface area contributed by atoms with Gasteiger partial charge in [0.05, 0.1) is 28.9 Å². The van der Waals surface area contributed by atoms with Crippen LogP contribution in [-0.4, -0.2) is 86.1 Å². The number of rotatable bonds is 13. The Morgan fingerprint density at radius 3 is 2.65 bits per heavy atom. The van der Waals surface area contributed by atoms with Crippen LogP contribution in [0.5, 0.6) is 0 Å². The molecular weight excluding hydrogens is 578 g/mol. The zero-order valence-corrected chi connectivity index (χ0v) is 24.8. The van der Waals surface area contributed by atoms with Gasteiger partial charge in [0.1, 0.15) is 18.2 Å². The van der Waals surface area contributed by atoms with Gasteiger partial charge in [-0.05, 0) is 63.7 Å². The molecule has 4 heterocycles. The van der Waals surface area contributed by atoms with E-state index in [9.17, 15) is 17.2 Å². The molecule has 0 amide bonds. The van der Waals surface area contributed by atoms with Crippen molar-refractivity contribution in [2.24, 2.45) is 11.8 Å². The van der Waals surface area contributed by atoms with Crippen LogP contribution in [0.3, 0.4) is 0 Å². The van der Waals surface area contributed by atoms with Gasteiger partial charge in [-0.1, -0.05) is 0 Å². The number of nitrogens with one attached hydrogen (secondary N) is 2. The van der Waals surface area contributed by atoms with Crippen LogP contribution in [0.15, 0.2) is 49.2 Å². The van der Waals surface area contributed by atoms with Gasteiger partial charge in [-0.2, -0.15) is 14.3 Å². The van der Waals surface area contributed by atoms with Crippen LogP contribution in [-0.2, 0) is 16.6 Å². The van der Waals surface area contributed by atoms with E-state index in [0.29, 0.717) is 59.0 Å². The first-order valence-corrected chi connectivity index (χ1v) is 15.7. The summed E-state index contributed by atoms with van der Waals surface area (Å²) in [5.41, 5.74) is 2.50. The molecule has 6 rings (SSSR count). The van der Waals surface area contributed by atoms with E-state index >= 15 is 0 Å². The van der Waals surface area contributed by atoms with Crippen molar-refractivity contribution >= 4 is 27.3 Å². The monoisotopic (exact) mass is 612 g/mol. The highest BCUT2D eigenvalue weighted by Gasteiger charge is 2.37. The van der Waals surface area contributed by atoms with Crippen molar-refractivity contribution in [3.8, 4) is 22.6 Å². The standard InChI is InChI=1S/C28H34F2N10O2S/c1-38(2)15-19-9-18(10-19)12-32-24-11-27(33-14-22(24)23-6-8-39(37-23)17-25(29)30)35-26-5-7-31-28(36-26)20-13-34-40(16-20)43(41,42)21-3-4-21/h5-8,11,13-14,16,18-19,21,25H,3-4,9-10,12,15,17H2,1-2H3,(H2,31,32,33,35,36). The molecular formula is C28H34F2N10O2S. The highest BCUT2D eigenvalue weighted by atomic mass is 32.2. The average molecular weight is 613 g/mol. The summed E-state index contributed by atoms with van der Waals surface area (Å²) < 4.78 is 53.1. The van der Waals surface area contributed by atoms with Gasteiger partial charge in [-0.25, -0.2) is 32.2 Å². The SMILES string of the molecule is CN(C)CC1CC(CNc2cc(Nc3ccnc(-c4cnn(S(=O)(=O)C5CC5)c4)n3)ncc2-c2ccn(CC(F)F)n2)C1. The summed E-state index contributed by atoms with van der Waals surface area (Å²) in [6.45, 7) is 1.36. The second-order valence-corrected chi connectivity index (χ2v) is 13.6. The molecule has 0 aliphatic heterocycles. The lowest BCUT2D eigenvalue weighted by Crippen LogP contribution is -2.35. The Bertz CT molecular complexity index is 1680. The maximum absolute atomic E-state index is 12.9. The van der Waals surface area contributed by atoms with Gasteiger partial charge >= 0.3 is 0 Å². The fourth-order valence-electron chi connectivity index (χ4n) is 5.36. The van der Waals surface area contributed by atoms with Crippen molar-refractivity contribution in [1.82, 2.24) is 38.8 Å². The number of hydrogen-bond acceptors (Lipinski definition) is 10. The van der Waals surface area contributed by atoms with Crippen LogP contribution in [0, 0.1) is 11.8 Å². The van der Waals surface area contributed by atoms with Crippen LogP contribution in [0.1, 0.15) is 25.7 Å². The zero-order chi connectivity index (χ0) is 30.1. The molecule has 4 aromatic rings. The smallest absolute Gasteiger partial charge is 0.257 e. The van der Waals surface area contributed by atoms with E-state index in [1.165, 1.54) is 23.3 Å². The van der Waals surface area contributed by atoms with E-state index in [0.717, 1.165) is 35.7 Å². The predicted octanol–water partition coefficient (Wildman–Crippen LogP) is 3.95. The largest absolute Gasteiger partial charge is 0.384 e. The van der Waals surface area contributed by atoms with Crippen molar-refractivity contribution in [3.63, 3.8) is 0 Å². The summed E-state index contributed by atoms with van der Waals surface area (Å²) >= 11 is 0. The van der Waals surface area contributed by atoms with Gasteiger partial charge in [0.2, 0.25) is 0 Å². The Hall–Kier alpha value is -3.98. The second-order valence-electron chi connectivity index (χ2n) is 11.5. The molecule has 12 nitrogen and oxygen atoms in total. The summed E-state index contributed by atoms with van der Waals surface area (Å²) in [6.07, 6.45) is 8.70. The van der Waals surface area contributed by atoms with Gasteiger partial charge in [-0.15, -0.1) is 0 Å². The van der Waals surface area contributed by atoms with Crippen molar-refractivity contribution in [3.05, 3.63) is 49.2 Å². The third-order valence-electron chi connectivity index (χ3n) is 7.62. The minimum absolute atomic E-state index is 0.319. The molecule has 0 radical (unpaired) electrons. The summed E-state index contributed by atoms with van der Waals surface area (Å²) in [4.78, 5) is 15.6. The van der Waals surface area contributed by atoms with Crippen molar-refractivity contribution < 1.29 is 17.2 Å². The number of alkyl halides is 2. The first-order valence-electron chi connectivity index (χ1n) is 14.2. The average Bonchev–Trinajstić information content (AvgIpc) is 3.51. The van der Waals surface area contributed by atoms with Crippen LogP contribution < -0.4 is 10.6 Å². The van der Waals surface area contributed by atoms with Gasteiger partial charge in [0.25, 0.3) is 16.4 Å². The molecule has 2 aliphatic carbocycles. The molecule has 0 bridgehead atoms. The van der Waals surface area contributed by atoms with Gasteiger partial charge in [0.15, 0.2) is 5.82 Å². The number of nitrogens with zero attached hydrogens (tertiary/aromatic N) is 8. The highest BCUT2D eigenvalue weighted by molar-refractivity contribution is 7.90. The molecule has 228 valence electrons. The molecule has 0 unspecified atom stereocenters. The van der Waals surface area contributed by atoms with E-state index < -0.39 is 23.0 Å². The molecule has 2 N–H and O–H groups in total. The number of anilines is 3. The Morgan fingerprint density at radius 1 is 1.09 bits per heavy atom. The molecule has 2 aliphatic rings. The molecule has 2 saturated carbocycles. The summed E-state index contributed by atoms with van der Waals surface area (Å²) in [5.74, 6) is 2.51. The molecule has 4 aromatic heterocycles. The van der Waals surface area contributed by atoms with Crippen LogP contribution >= 0.6 is 0 Å². The molecule has 0 aromatic carbocycles. The lowest BCUT2D eigenvalue weighted by molar-refractivity contribution is 0.122. The summed E-state index contributed by atoms with van der Waals surface area (Å²) in [7, 11) is 0.679. The first kappa shape index (κ1) is 29.1. The van der Waals surface area contributed by atoms with Crippen LogP contribution in [0.2, 0.25) is 0 Å². The molecule has 0 saturated heterocycles. The molecule has 2 fully saturated rings. The molecule has 15 heteroatoms. The maximum Gasteiger partial charge on any atom is 0.257 e. The van der Waals surface area contributed by atoms with E-state index in [4.69, 9.17) is 0 Å². The van der Waals surface area contributed by atoms with E-state index in [2.05, 4.69) is 54.8 Å². The van der Waals surface area contributed by atoms with E-state index in [1.54, 1.807) is 24.5 Å². The van der Waals surface area contributed by atoms with Crippen molar-refractivity contribution in [2.75, 3.05) is 37.8 Å². The lowest BCUT2D eigenvalue weighted by atomic mass is 9.74. The van der Waals surface area contributed by atoms with Crippen LogP contribution in [0.25, 0.3) is 22.6 Å². The van der Waals surface area contributed by atoms with Crippen molar-refractivity contribution in [1.29, 1.82) is 0 Å². The van der Waals surface area contributed by atoms with Crippen LogP contribution in [0.4, 0.5) is 26.1 Å². The van der Waals surface area contributed by atoms with E-state index in [-0.39, 0.29) is 5.25 Å². The minimum Gasteiger partial charge on any atom is -0.384 e. The predicted molar refractivity (Wildman–Crippen MR) is 159 cm³/mol. The first-order chi connectivity index (χ1) is 20.6. The number of halogens is 2. The third-order valence-corrected chi connectivity index (χ3v) is 9.65. The van der Waals surface area contributed by atoms with E-state index in [1.807, 2.05) is 6.07 Å².